The van der Waals surface area contributed by atoms with Gasteiger partial charge in [-0.3, -0.25) is 4.79 Å². The molecule has 0 bridgehead atoms. The van der Waals surface area contributed by atoms with Crippen LogP contribution in [-0.2, 0) is 4.79 Å². The normalized spacial score (nSPS) is 10.2. The zero-order valence-corrected chi connectivity index (χ0v) is 11.0. The Kier molecular flexibility index (Phi) is 6.22. The SMILES string of the molecule is Cc1cccc(OCC(=O)NCCCCO)c1C. The maximum Gasteiger partial charge on any atom is 0.257 e. The van der Waals surface area contributed by atoms with Crippen LogP contribution in [0.15, 0.2) is 18.2 Å². The topological polar surface area (TPSA) is 58.6 Å². The van der Waals surface area contributed by atoms with Crippen LogP contribution >= 0.6 is 0 Å². The van der Waals surface area contributed by atoms with E-state index in [4.69, 9.17) is 9.84 Å². The van der Waals surface area contributed by atoms with Gasteiger partial charge < -0.3 is 15.2 Å². The van der Waals surface area contributed by atoms with Gasteiger partial charge in [-0.2, -0.15) is 0 Å². The third-order valence-electron chi connectivity index (χ3n) is 2.82. The predicted molar refractivity (Wildman–Crippen MR) is 70.7 cm³/mol. The molecule has 0 fully saturated rings. The monoisotopic (exact) mass is 251 g/mol. The smallest absolute Gasteiger partial charge is 0.257 e. The molecule has 0 unspecified atom stereocenters. The molecule has 0 spiro atoms. The van der Waals surface area contributed by atoms with Crippen molar-refractivity contribution in [2.75, 3.05) is 19.8 Å². The summed E-state index contributed by atoms with van der Waals surface area (Å²) in [6.45, 7) is 4.76. The molecule has 0 aliphatic carbocycles. The summed E-state index contributed by atoms with van der Waals surface area (Å²) < 4.78 is 5.47. The van der Waals surface area contributed by atoms with Crippen LogP contribution in [0.25, 0.3) is 0 Å². The van der Waals surface area contributed by atoms with Crippen molar-refractivity contribution in [3.8, 4) is 5.75 Å². The molecule has 100 valence electrons. The fourth-order valence-corrected chi connectivity index (χ4v) is 1.54. The van der Waals surface area contributed by atoms with Gasteiger partial charge in [-0.25, -0.2) is 0 Å². The fourth-order valence-electron chi connectivity index (χ4n) is 1.54. The van der Waals surface area contributed by atoms with Gasteiger partial charge in [-0.15, -0.1) is 0 Å². The third-order valence-corrected chi connectivity index (χ3v) is 2.82. The predicted octanol–water partition coefficient (Wildman–Crippen LogP) is 1.57. The summed E-state index contributed by atoms with van der Waals surface area (Å²) in [7, 11) is 0. The Hall–Kier alpha value is -1.55. The van der Waals surface area contributed by atoms with Gasteiger partial charge in [0.15, 0.2) is 6.61 Å². The van der Waals surface area contributed by atoms with Crippen molar-refractivity contribution < 1.29 is 14.6 Å². The average molecular weight is 251 g/mol. The first kappa shape index (κ1) is 14.5. The van der Waals surface area contributed by atoms with Crippen molar-refractivity contribution in [2.45, 2.75) is 26.7 Å². The van der Waals surface area contributed by atoms with Gasteiger partial charge in [0, 0.05) is 13.2 Å². The molecule has 1 aromatic rings. The van der Waals surface area contributed by atoms with E-state index in [9.17, 15) is 4.79 Å². The Bertz CT molecular complexity index is 391. The van der Waals surface area contributed by atoms with E-state index >= 15 is 0 Å². The third kappa shape index (κ3) is 4.75. The van der Waals surface area contributed by atoms with E-state index in [0.717, 1.165) is 23.3 Å². The minimum Gasteiger partial charge on any atom is -0.483 e. The van der Waals surface area contributed by atoms with Crippen molar-refractivity contribution in [2.24, 2.45) is 0 Å². The number of amides is 1. The standard InChI is InChI=1S/C14H21NO3/c1-11-6-5-7-13(12(11)2)18-10-14(17)15-8-3-4-9-16/h5-7,16H,3-4,8-10H2,1-2H3,(H,15,17). The number of unbranched alkanes of at least 4 members (excludes halogenated alkanes) is 1. The second kappa shape index (κ2) is 7.71. The zero-order valence-electron chi connectivity index (χ0n) is 11.0. The first-order valence-corrected chi connectivity index (χ1v) is 6.21. The second-order valence-electron chi connectivity index (χ2n) is 4.27. The second-order valence-corrected chi connectivity index (χ2v) is 4.27. The number of aliphatic hydroxyl groups excluding tert-OH is 1. The Morgan fingerprint density at radius 3 is 2.83 bits per heavy atom. The Labute approximate surface area is 108 Å². The van der Waals surface area contributed by atoms with Gasteiger partial charge in [0.1, 0.15) is 5.75 Å². The fraction of sp³-hybridized carbons (Fsp3) is 0.500. The maximum atomic E-state index is 11.5. The summed E-state index contributed by atoms with van der Waals surface area (Å²) >= 11 is 0. The highest BCUT2D eigenvalue weighted by Crippen LogP contribution is 2.20. The molecule has 0 aliphatic heterocycles. The summed E-state index contributed by atoms with van der Waals surface area (Å²) in [5, 5.41) is 11.3. The van der Waals surface area contributed by atoms with E-state index in [2.05, 4.69) is 5.32 Å². The molecule has 1 rings (SSSR count). The molecule has 1 amide bonds. The van der Waals surface area contributed by atoms with Gasteiger partial charge in [0.05, 0.1) is 0 Å². The highest BCUT2D eigenvalue weighted by atomic mass is 16.5. The lowest BCUT2D eigenvalue weighted by Gasteiger charge is -2.10. The summed E-state index contributed by atoms with van der Waals surface area (Å²) in [5.74, 6) is 0.620. The number of carbonyl (C=O) groups is 1. The quantitative estimate of drug-likeness (QED) is 0.723. The van der Waals surface area contributed by atoms with E-state index in [0.29, 0.717) is 13.0 Å². The molecule has 1 aromatic carbocycles. The lowest BCUT2D eigenvalue weighted by Crippen LogP contribution is -2.29. The molecule has 4 nitrogen and oxygen atoms in total. The van der Waals surface area contributed by atoms with E-state index in [1.54, 1.807) is 0 Å². The van der Waals surface area contributed by atoms with E-state index in [1.165, 1.54) is 0 Å². The minimum atomic E-state index is -0.131. The number of aliphatic hydroxyl groups is 1. The molecule has 0 aromatic heterocycles. The molecule has 4 heteroatoms. The van der Waals surface area contributed by atoms with E-state index in [1.807, 2.05) is 32.0 Å². The van der Waals surface area contributed by atoms with Crippen LogP contribution in [0.2, 0.25) is 0 Å². The Balaban J connectivity index is 2.32. The van der Waals surface area contributed by atoms with Crippen LogP contribution in [0, 0.1) is 13.8 Å². The molecular weight excluding hydrogens is 230 g/mol. The number of rotatable bonds is 7. The van der Waals surface area contributed by atoms with Crippen molar-refractivity contribution in [1.29, 1.82) is 0 Å². The molecule has 0 atom stereocenters. The van der Waals surface area contributed by atoms with Crippen LogP contribution < -0.4 is 10.1 Å². The highest BCUT2D eigenvalue weighted by molar-refractivity contribution is 5.77. The minimum absolute atomic E-state index is 0.0312. The van der Waals surface area contributed by atoms with Gasteiger partial charge in [-0.05, 0) is 43.9 Å². The first-order valence-electron chi connectivity index (χ1n) is 6.21. The van der Waals surface area contributed by atoms with Gasteiger partial charge in [0.25, 0.3) is 5.91 Å². The number of nitrogens with one attached hydrogen (secondary N) is 1. The number of ether oxygens (including phenoxy) is 1. The molecule has 0 aliphatic rings. The lowest BCUT2D eigenvalue weighted by atomic mass is 10.1. The highest BCUT2D eigenvalue weighted by Gasteiger charge is 2.05. The van der Waals surface area contributed by atoms with Gasteiger partial charge in [0.2, 0.25) is 0 Å². The molecule has 0 heterocycles. The summed E-state index contributed by atoms with van der Waals surface area (Å²) in [6, 6.07) is 5.79. The van der Waals surface area contributed by atoms with Crippen LogP contribution in [0.4, 0.5) is 0 Å². The van der Waals surface area contributed by atoms with E-state index in [-0.39, 0.29) is 19.1 Å². The van der Waals surface area contributed by atoms with Crippen LogP contribution in [0.3, 0.4) is 0 Å². The summed E-state index contributed by atoms with van der Waals surface area (Å²) in [6.07, 6.45) is 1.49. The van der Waals surface area contributed by atoms with Crippen molar-refractivity contribution >= 4 is 5.91 Å². The molecule has 0 saturated carbocycles. The number of aryl methyl sites for hydroxylation is 1. The number of carbonyl (C=O) groups excluding carboxylic acids is 1. The van der Waals surface area contributed by atoms with Crippen molar-refractivity contribution in [3.05, 3.63) is 29.3 Å². The largest absolute Gasteiger partial charge is 0.483 e. The van der Waals surface area contributed by atoms with Crippen molar-refractivity contribution in [3.63, 3.8) is 0 Å². The molecule has 0 saturated heterocycles. The summed E-state index contributed by atoms with van der Waals surface area (Å²) in [5.41, 5.74) is 2.21. The maximum absolute atomic E-state index is 11.5. The number of hydrogen-bond acceptors (Lipinski definition) is 3. The molecule has 2 N–H and O–H groups in total. The zero-order chi connectivity index (χ0) is 13.4. The van der Waals surface area contributed by atoms with Crippen LogP contribution in [0.5, 0.6) is 5.75 Å². The van der Waals surface area contributed by atoms with Crippen molar-refractivity contribution in [1.82, 2.24) is 5.32 Å². The van der Waals surface area contributed by atoms with Gasteiger partial charge >= 0.3 is 0 Å². The van der Waals surface area contributed by atoms with Gasteiger partial charge in [-0.1, -0.05) is 12.1 Å². The molecular formula is C14H21NO3. The first-order chi connectivity index (χ1) is 8.65. The Morgan fingerprint density at radius 1 is 1.33 bits per heavy atom. The van der Waals surface area contributed by atoms with E-state index < -0.39 is 0 Å². The van der Waals surface area contributed by atoms with Crippen LogP contribution in [0.1, 0.15) is 24.0 Å². The van der Waals surface area contributed by atoms with Crippen LogP contribution in [-0.4, -0.2) is 30.8 Å². The average Bonchev–Trinajstić information content (AvgIpc) is 2.36. The molecule has 18 heavy (non-hydrogen) atoms. The lowest BCUT2D eigenvalue weighted by molar-refractivity contribution is -0.123. The Morgan fingerprint density at radius 2 is 2.11 bits per heavy atom. The number of benzene rings is 1. The molecule has 0 radical (unpaired) electrons. The summed E-state index contributed by atoms with van der Waals surface area (Å²) in [4.78, 5) is 11.5. The number of hydrogen-bond donors (Lipinski definition) is 2.